The smallest absolute Gasteiger partial charge is 0.255 e. The zero-order valence-corrected chi connectivity index (χ0v) is 10.6. The highest BCUT2D eigenvalue weighted by Gasteiger charge is 2.31. The van der Waals surface area contributed by atoms with E-state index < -0.39 is 11.7 Å². The summed E-state index contributed by atoms with van der Waals surface area (Å²) < 4.78 is 13.1. The quantitative estimate of drug-likeness (QED) is 0.849. The highest BCUT2D eigenvalue weighted by Crippen LogP contribution is 2.31. The number of rotatable bonds is 2. The van der Waals surface area contributed by atoms with E-state index in [-0.39, 0.29) is 17.4 Å². The number of phenolic OH excluding ortho intramolecular Hbond substituents is 1. The van der Waals surface area contributed by atoms with E-state index in [2.05, 4.69) is 19.2 Å². The molecular formula is C14H18FNO2. The molecule has 0 spiro atoms. The van der Waals surface area contributed by atoms with Crippen molar-refractivity contribution in [2.24, 2.45) is 11.8 Å². The Morgan fingerprint density at radius 2 is 2.11 bits per heavy atom. The van der Waals surface area contributed by atoms with Crippen LogP contribution in [0.3, 0.4) is 0 Å². The molecule has 1 aromatic carbocycles. The Balaban J connectivity index is 2.10. The first-order valence-corrected chi connectivity index (χ1v) is 6.28. The summed E-state index contributed by atoms with van der Waals surface area (Å²) in [4.78, 5) is 12.0. The summed E-state index contributed by atoms with van der Waals surface area (Å²) in [5.74, 6) is -0.127. The van der Waals surface area contributed by atoms with Crippen molar-refractivity contribution >= 4 is 5.91 Å². The summed E-state index contributed by atoms with van der Waals surface area (Å²) in [5, 5.41) is 12.4. The number of carbonyl (C=O) groups excluding carboxylic acids is 1. The zero-order chi connectivity index (χ0) is 13.3. The predicted octanol–water partition coefficient (Wildman–Crippen LogP) is 2.70. The van der Waals surface area contributed by atoms with Gasteiger partial charge in [0.2, 0.25) is 0 Å². The van der Waals surface area contributed by atoms with Crippen LogP contribution in [0.1, 0.15) is 37.0 Å². The number of hydrogen-bond acceptors (Lipinski definition) is 2. The maximum atomic E-state index is 13.1. The van der Waals surface area contributed by atoms with Crippen LogP contribution in [0.2, 0.25) is 0 Å². The fourth-order valence-electron chi connectivity index (χ4n) is 2.50. The molecule has 1 aromatic rings. The van der Waals surface area contributed by atoms with Gasteiger partial charge in [0.05, 0.1) is 5.56 Å². The van der Waals surface area contributed by atoms with Crippen LogP contribution in [0.25, 0.3) is 0 Å². The van der Waals surface area contributed by atoms with Crippen molar-refractivity contribution in [3.8, 4) is 5.75 Å². The van der Waals surface area contributed by atoms with Crippen molar-refractivity contribution in [2.45, 2.75) is 32.7 Å². The normalized spacial score (nSPS) is 27.2. The van der Waals surface area contributed by atoms with E-state index in [1.54, 1.807) is 0 Å². The lowest BCUT2D eigenvalue weighted by atomic mass is 9.97. The third kappa shape index (κ3) is 2.47. The van der Waals surface area contributed by atoms with Crippen molar-refractivity contribution in [2.75, 3.05) is 0 Å². The highest BCUT2D eigenvalue weighted by atomic mass is 19.1. The minimum atomic E-state index is -0.522. The van der Waals surface area contributed by atoms with Gasteiger partial charge < -0.3 is 10.4 Å². The van der Waals surface area contributed by atoms with Crippen LogP contribution in [0.5, 0.6) is 5.75 Å². The van der Waals surface area contributed by atoms with Gasteiger partial charge in [-0.3, -0.25) is 4.79 Å². The molecule has 1 fully saturated rings. The summed E-state index contributed by atoms with van der Waals surface area (Å²) in [7, 11) is 0. The van der Waals surface area contributed by atoms with Crippen LogP contribution in [0, 0.1) is 17.7 Å². The SMILES string of the molecule is CC1CCC(NC(=O)c2cc(F)ccc2O)C1C. The molecule has 0 aromatic heterocycles. The summed E-state index contributed by atoms with van der Waals surface area (Å²) in [6.07, 6.45) is 2.02. The van der Waals surface area contributed by atoms with Gasteiger partial charge in [-0.2, -0.15) is 0 Å². The first-order chi connectivity index (χ1) is 8.49. The summed E-state index contributed by atoms with van der Waals surface area (Å²) in [6.45, 7) is 4.27. The molecule has 2 N–H and O–H groups in total. The third-order valence-corrected chi connectivity index (χ3v) is 3.98. The molecule has 0 aliphatic heterocycles. The summed E-state index contributed by atoms with van der Waals surface area (Å²) >= 11 is 0. The summed E-state index contributed by atoms with van der Waals surface area (Å²) in [5.41, 5.74) is 0.00162. The highest BCUT2D eigenvalue weighted by molar-refractivity contribution is 5.97. The third-order valence-electron chi connectivity index (χ3n) is 3.98. The molecule has 1 aliphatic carbocycles. The van der Waals surface area contributed by atoms with Gasteiger partial charge in [-0.25, -0.2) is 4.39 Å². The lowest BCUT2D eigenvalue weighted by Gasteiger charge is -2.19. The fourth-order valence-corrected chi connectivity index (χ4v) is 2.50. The largest absolute Gasteiger partial charge is 0.507 e. The number of amides is 1. The number of nitrogens with one attached hydrogen (secondary N) is 1. The average Bonchev–Trinajstić information content (AvgIpc) is 2.64. The monoisotopic (exact) mass is 251 g/mol. The number of phenols is 1. The topological polar surface area (TPSA) is 49.3 Å². The number of hydrogen-bond donors (Lipinski definition) is 2. The lowest BCUT2D eigenvalue weighted by molar-refractivity contribution is 0.0924. The van der Waals surface area contributed by atoms with Gasteiger partial charge in [0.25, 0.3) is 5.91 Å². The lowest BCUT2D eigenvalue weighted by Crippen LogP contribution is -2.37. The Kier molecular flexibility index (Phi) is 3.55. The van der Waals surface area contributed by atoms with E-state index in [0.717, 1.165) is 25.0 Å². The minimum absolute atomic E-state index is 0.00162. The number of aromatic hydroxyl groups is 1. The van der Waals surface area contributed by atoms with Crippen molar-refractivity contribution < 1.29 is 14.3 Å². The predicted molar refractivity (Wildman–Crippen MR) is 66.9 cm³/mol. The van der Waals surface area contributed by atoms with Crippen LogP contribution >= 0.6 is 0 Å². The Hall–Kier alpha value is -1.58. The van der Waals surface area contributed by atoms with Crippen LogP contribution < -0.4 is 5.32 Å². The maximum absolute atomic E-state index is 13.1. The molecule has 18 heavy (non-hydrogen) atoms. The first-order valence-electron chi connectivity index (χ1n) is 6.28. The Morgan fingerprint density at radius 1 is 1.39 bits per heavy atom. The van der Waals surface area contributed by atoms with Gasteiger partial charge in [0.1, 0.15) is 11.6 Å². The number of halogens is 1. The van der Waals surface area contributed by atoms with Gasteiger partial charge in [-0.1, -0.05) is 13.8 Å². The van der Waals surface area contributed by atoms with Gasteiger partial charge in [0.15, 0.2) is 0 Å². The van der Waals surface area contributed by atoms with E-state index in [1.807, 2.05) is 0 Å². The van der Waals surface area contributed by atoms with Crippen molar-refractivity contribution in [1.82, 2.24) is 5.32 Å². The van der Waals surface area contributed by atoms with Crippen LogP contribution in [-0.4, -0.2) is 17.1 Å². The molecule has 4 heteroatoms. The standard InChI is InChI=1S/C14H18FNO2/c1-8-3-5-12(9(8)2)16-14(18)11-7-10(15)4-6-13(11)17/h4,6-9,12,17H,3,5H2,1-2H3,(H,16,18). The molecular weight excluding hydrogens is 233 g/mol. The second kappa shape index (κ2) is 4.96. The molecule has 1 aliphatic rings. The van der Waals surface area contributed by atoms with Gasteiger partial charge >= 0.3 is 0 Å². The molecule has 3 nitrogen and oxygen atoms in total. The van der Waals surface area contributed by atoms with Crippen molar-refractivity contribution in [3.05, 3.63) is 29.6 Å². The van der Waals surface area contributed by atoms with Crippen LogP contribution in [0.4, 0.5) is 4.39 Å². The van der Waals surface area contributed by atoms with E-state index >= 15 is 0 Å². The number of carbonyl (C=O) groups is 1. The van der Waals surface area contributed by atoms with E-state index in [1.165, 1.54) is 6.07 Å². The minimum Gasteiger partial charge on any atom is -0.507 e. The molecule has 0 radical (unpaired) electrons. The van der Waals surface area contributed by atoms with Gasteiger partial charge in [-0.15, -0.1) is 0 Å². The molecule has 3 atom stereocenters. The Bertz CT molecular complexity index is 461. The van der Waals surface area contributed by atoms with Crippen LogP contribution in [-0.2, 0) is 0 Å². The molecule has 0 bridgehead atoms. The molecule has 2 rings (SSSR count). The molecule has 98 valence electrons. The molecule has 1 saturated carbocycles. The second-order valence-electron chi connectivity index (χ2n) is 5.16. The maximum Gasteiger partial charge on any atom is 0.255 e. The Labute approximate surface area is 106 Å². The fraction of sp³-hybridized carbons (Fsp3) is 0.500. The zero-order valence-electron chi connectivity index (χ0n) is 10.6. The molecule has 3 unspecified atom stereocenters. The van der Waals surface area contributed by atoms with E-state index in [0.29, 0.717) is 11.8 Å². The van der Waals surface area contributed by atoms with Gasteiger partial charge in [-0.05, 0) is 42.9 Å². The van der Waals surface area contributed by atoms with E-state index in [4.69, 9.17) is 0 Å². The van der Waals surface area contributed by atoms with Crippen LogP contribution in [0.15, 0.2) is 18.2 Å². The van der Waals surface area contributed by atoms with Crippen molar-refractivity contribution in [3.63, 3.8) is 0 Å². The summed E-state index contributed by atoms with van der Waals surface area (Å²) in [6, 6.07) is 3.50. The second-order valence-corrected chi connectivity index (χ2v) is 5.16. The molecule has 0 heterocycles. The van der Waals surface area contributed by atoms with Crippen molar-refractivity contribution in [1.29, 1.82) is 0 Å². The first kappa shape index (κ1) is 12.9. The number of benzene rings is 1. The Morgan fingerprint density at radius 3 is 2.72 bits per heavy atom. The average molecular weight is 251 g/mol. The van der Waals surface area contributed by atoms with Gasteiger partial charge in [0, 0.05) is 6.04 Å². The molecule has 1 amide bonds. The van der Waals surface area contributed by atoms with E-state index in [9.17, 15) is 14.3 Å². The molecule has 0 saturated heterocycles.